The number of carbonyl (C=O) groups excluding carboxylic acids is 1. The van der Waals surface area contributed by atoms with Gasteiger partial charge in [0, 0.05) is 19.4 Å². The van der Waals surface area contributed by atoms with Crippen molar-refractivity contribution in [3.8, 4) is 17.1 Å². The highest BCUT2D eigenvalue weighted by Gasteiger charge is 2.38. The number of ether oxygens (including phenoxy) is 2. The highest BCUT2D eigenvalue weighted by atomic mass is 35.5. The molecule has 3 rings (SSSR count). The van der Waals surface area contributed by atoms with Crippen molar-refractivity contribution in [2.24, 2.45) is 0 Å². The molecule has 3 aromatic rings. The van der Waals surface area contributed by atoms with Crippen LogP contribution in [-0.4, -0.2) is 44.7 Å². The van der Waals surface area contributed by atoms with Crippen molar-refractivity contribution >= 4 is 23.3 Å². The van der Waals surface area contributed by atoms with Crippen LogP contribution < -0.4 is 15.4 Å². The molecule has 2 N–H and O–H groups in total. The molecule has 0 radical (unpaired) electrons. The first kappa shape index (κ1) is 25.2. The van der Waals surface area contributed by atoms with Crippen LogP contribution in [0.5, 0.6) is 5.88 Å². The van der Waals surface area contributed by atoms with Crippen LogP contribution in [0.3, 0.4) is 0 Å². The van der Waals surface area contributed by atoms with Gasteiger partial charge in [0.2, 0.25) is 5.88 Å². The lowest BCUT2D eigenvalue weighted by Gasteiger charge is -2.11. The van der Waals surface area contributed by atoms with Crippen LogP contribution in [-0.2, 0) is 24.2 Å². The summed E-state index contributed by atoms with van der Waals surface area (Å²) in [7, 11) is 1.35. The summed E-state index contributed by atoms with van der Waals surface area (Å²) in [6.07, 6.45) is -3.48. The quantitative estimate of drug-likeness (QED) is 0.449. The molecule has 182 valence electrons. The van der Waals surface area contributed by atoms with Crippen LogP contribution in [0.1, 0.15) is 23.9 Å². The van der Waals surface area contributed by atoms with Crippen LogP contribution in [0.15, 0.2) is 24.4 Å². The molecule has 14 heteroatoms. The van der Waals surface area contributed by atoms with E-state index in [1.165, 1.54) is 31.5 Å². The van der Waals surface area contributed by atoms with Gasteiger partial charge in [-0.2, -0.15) is 23.4 Å². The molecular weight excluding hydrogens is 479 g/mol. The number of halogens is 4. The number of hydrogen-bond acceptors (Lipinski definition) is 7. The van der Waals surface area contributed by atoms with E-state index in [2.05, 4.69) is 30.9 Å². The first-order chi connectivity index (χ1) is 16.1. The fourth-order valence-electron chi connectivity index (χ4n) is 3.01. The van der Waals surface area contributed by atoms with Crippen molar-refractivity contribution in [1.29, 1.82) is 0 Å². The number of hydrogen-bond donors (Lipinski definition) is 2. The minimum atomic E-state index is -4.68. The number of carbonyl (C=O) groups is 1. The summed E-state index contributed by atoms with van der Waals surface area (Å²) in [4.78, 5) is 16.2. The first-order valence-corrected chi connectivity index (χ1v) is 10.3. The average molecular weight is 500 g/mol. The molecule has 0 bridgehead atoms. The Balaban J connectivity index is 1.71. The van der Waals surface area contributed by atoms with Gasteiger partial charge in [0.15, 0.2) is 5.69 Å². The maximum atomic E-state index is 13.4. The van der Waals surface area contributed by atoms with Crippen molar-refractivity contribution in [2.45, 2.75) is 33.3 Å². The van der Waals surface area contributed by atoms with E-state index < -0.39 is 17.9 Å². The average Bonchev–Trinajstić information content (AvgIpc) is 3.16. The fourth-order valence-corrected chi connectivity index (χ4v) is 3.21. The van der Waals surface area contributed by atoms with Gasteiger partial charge in [-0.15, -0.1) is 5.10 Å². The number of alkyl halides is 3. The Hall–Kier alpha value is -3.45. The Morgan fingerprint density at radius 1 is 1.24 bits per heavy atom. The van der Waals surface area contributed by atoms with E-state index in [4.69, 9.17) is 21.1 Å². The largest absolute Gasteiger partial charge is 0.478 e. The Kier molecular flexibility index (Phi) is 7.89. The smallest absolute Gasteiger partial charge is 0.435 e. The highest BCUT2D eigenvalue weighted by Crippen LogP contribution is 2.36. The van der Waals surface area contributed by atoms with Gasteiger partial charge in [-0.25, -0.2) is 14.5 Å². The summed E-state index contributed by atoms with van der Waals surface area (Å²) in [5, 5.41) is 16.8. The molecule has 0 aliphatic rings. The lowest BCUT2D eigenvalue weighted by Crippen LogP contribution is -2.28. The zero-order valence-corrected chi connectivity index (χ0v) is 19.2. The second kappa shape index (κ2) is 10.7. The number of amides is 2. The lowest BCUT2D eigenvalue weighted by atomic mass is 10.1. The van der Waals surface area contributed by atoms with Gasteiger partial charge < -0.3 is 20.1 Å². The third kappa shape index (κ3) is 6.32. The van der Waals surface area contributed by atoms with Crippen molar-refractivity contribution in [2.75, 3.05) is 19.0 Å². The van der Waals surface area contributed by atoms with Crippen LogP contribution in [0.2, 0.25) is 5.15 Å². The summed E-state index contributed by atoms with van der Waals surface area (Å²) in [5.74, 6) is 0.259. The van der Waals surface area contributed by atoms with E-state index in [0.29, 0.717) is 23.6 Å². The Morgan fingerprint density at radius 3 is 2.65 bits per heavy atom. The molecule has 3 aromatic heterocycles. The summed E-state index contributed by atoms with van der Waals surface area (Å²) < 4.78 is 51.5. The van der Waals surface area contributed by atoms with Gasteiger partial charge in [-0.1, -0.05) is 11.6 Å². The molecular formula is C20H21ClF3N7O3. The lowest BCUT2D eigenvalue weighted by molar-refractivity contribution is -0.141. The number of pyridine rings is 1. The second-order valence-electron chi connectivity index (χ2n) is 6.97. The molecule has 0 unspecified atom stereocenters. The number of rotatable bonds is 8. The molecule has 0 fully saturated rings. The summed E-state index contributed by atoms with van der Waals surface area (Å²) in [6.45, 7) is 3.58. The zero-order valence-electron chi connectivity index (χ0n) is 18.4. The Bertz CT molecular complexity index is 1170. The van der Waals surface area contributed by atoms with E-state index in [0.717, 1.165) is 4.68 Å². The normalized spacial score (nSPS) is 11.4. The number of nitrogens with zero attached hydrogens (tertiary/aromatic N) is 5. The van der Waals surface area contributed by atoms with Gasteiger partial charge in [-0.3, -0.25) is 0 Å². The molecule has 0 aromatic carbocycles. The molecule has 0 aliphatic carbocycles. The molecule has 0 atom stereocenters. The van der Waals surface area contributed by atoms with Gasteiger partial charge in [0.1, 0.15) is 11.9 Å². The maximum Gasteiger partial charge on any atom is 0.435 e. The summed E-state index contributed by atoms with van der Waals surface area (Å²) in [6, 6.07) is 3.93. The molecule has 10 nitrogen and oxygen atoms in total. The number of nitrogens with one attached hydrogen (secondary N) is 2. The van der Waals surface area contributed by atoms with Gasteiger partial charge in [-0.05, 0) is 31.5 Å². The SMILES string of the molecule is CCOc1cc(NC(=O)NCc2cc(C)c(-c3cn(COC)nc3C(F)(F)F)nn2)cc(Cl)n1. The van der Waals surface area contributed by atoms with E-state index in [1.54, 1.807) is 13.8 Å². The van der Waals surface area contributed by atoms with E-state index in [1.807, 2.05) is 0 Å². The van der Waals surface area contributed by atoms with Crippen molar-refractivity contribution in [3.05, 3.63) is 46.5 Å². The van der Waals surface area contributed by atoms with E-state index >= 15 is 0 Å². The van der Waals surface area contributed by atoms with Crippen molar-refractivity contribution in [3.63, 3.8) is 0 Å². The predicted molar refractivity (Wildman–Crippen MR) is 116 cm³/mol. The topological polar surface area (TPSA) is 116 Å². The number of anilines is 1. The number of methoxy groups -OCH3 is 1. The molecule has 0 aliphatic heterocycles. The van der Waals surface area contributed by atoms with Gasteiger partial charge in [0.25, 0.3) is 0 Å². The van der Waals surface area contributed by atoms with Crippen LogP contribution in [0.4, 0.5) is 23.7 Å². The maximum absolute atomic E-state index is 13.4. The molecule has 34 heavy (non-hydrogen) atoms. The monoisotopic (exact) mass is 499 g/mol. The highest BCUT2D eigenvalue weighted by molar-refractivity contribution is 6.29. The number of urea groups is 1. The van der Waals surface area contributed by atoms with Crippen LogP contribution >= 0.6 is 11.6 Å². The second-order valence-corrected chi connectivity index (χ2v) is 7.36. The minimum absolute atomic E-state index is 0.0217. The van der Waals surface area contributed by atoms with E-state index in [-0.39, 0.29) is 35.6 Å². The van der Waals surface area contributed by atoms with E-state index in [9.17, 15) is 18.0 Å². The third-order valence-electron chi connectivity index (χ3n) is 4.33. The molecule has 3 heterocycles. The van der Waals surface area contributed by atoms with Gasteiger partial charge in [0.05, 0.1) is 35.8 Å². The predicted octanol–water partition coefficient (Wildman–Crippen LogP) is 4.04. The van der Waals surface area contributed by atoms with Crippen molar-refractivity contribution < 1.29 is 27.4 Å². The minimum Gasteiger partial charge on any atom is -0.478 e. The molecule has 0 saturated heterocycles. The first-order valence-electron chi connectivity index (χ1n) is 9.93. The Labute approximate surface area is 197 Å². The summed E-state index contributed by atoms with van der Waals surface area (Å²) in [5.41, 5.74) is -0.140. The van der Waals surface area contributed by atoms with Crippen LogP contribution in [0, 0.1) is 6.92 Å². The van der Waals surface area contributed by atoms with Gasteiger partial charge >= 0.3 is 12.2 Å². The van der Waals surface area contributed by atoms with Crippen LogP contribution in [0.25, 0.3) is 11.3 Å². The molecule has 0 spiro atoms. The molecule has 2 amide bonds. The Morgan fingerprint density at radius 2 is 2.00 bits per heavy atom. The number of aryl methyl sites for hydroxylation is 1. The standard InChI is InChI=1S/C20H21ClF3N7O3/c1-4-34-16-7-12(6-15(21)27-16)26-19(32)25-8-13-5-11(2)17(29-28-13)14-9-31(10-33-3)30-18(14)20(22,23)24/h5-7,9H,4,8,10H2,1-3H3,(H2,25,26,27,32). The summed E-state index contributed by atoms with van der Waals surface area (Å²) >= 11 is 5.92. The third-order valence-corrected chi connectivity index (χ3v) is 4.53. The fraction of sp³-hybridized carbons (Fsp3) is 0.350. The molecule has 0 saturated carbocycles. The zero-order chi connectivity index (χ0) is 24.9. The van der Waals surface area contributed by atoms with Crippen molar-refractivity contribution in [1.82, 2.24) is 30.3 Å². The number of aromatic nitrogens is 5.